The van der Waals surface area contributed by atoms with Crippen molar-refractivity contribution in [2.24, 2.45) is 0 Å². The lowest BCUT2D eigenvalue weighted by Gasteiger charge is -2.09. The van der Waals surface area contributed by atoms with Crippen molar-refractivity contribution in [2.75, 3.05) is 17.6 Å². The molecule has 0 saturated heterocycles. The van der Waals surface area contributed by atoms with Gasteiger partial charge in [-0.1, -0.05) is 0 Å². The van der Waals surface area contributed by atoms with Crippen molar-refractivity contribution in [3.8, 4) is 11.6 Å². The Hall–Kier alpha value is -2.37. The molecule has 18 heavy (non-hydrogen) atoms. The van der Waals surface area contributed by atoms with Gasteiger partial charge in [-0.25, -0.2) is 0 Å². The van der Waals surface area contributed by atoms with Crippen LogP contribution in [0.2, 0.25) is 0 Å². The minimum atomic E-state index is 0.171. The Morgan fingerprint density at radius 2 is 2.22 bits per heavy atom. The van der Waals surface area contributed by atoms with Crippen LogP contribution in [-0.4, -0.2) is 21.5 Å². The zero-order valence-corrected chi connectivity index (χ0v) is 10.3. The lowest BCUT2D eigenvalue weighted by Crippen LogP contribution is -2.04. The van der Waals surface area contributed by atoms with Crippen molar-refractivity contribution < 1.29 is 4.74 Å². The standard InChI is InChI=1S/C12H15N5O/c1-3-14-10-7-11(17-12(13)16-10)18-9-5-4-6-15-8(9)2/h4-7H,3H2,1-2H3,(H3,13,14,16,17). The summed E-state index contributed by atoms with van der Waals surface area (Å²) in [7, 11) is 0. The summed E-state index contributed by atoms with van der Waals surface area (Å²) in [6.45, 7) is 4.59. The molecule has 2 aromatic rings. The molecule has 0 fully saturated rings. The molecule has 6 nitrogen and oxygen atoms in total. The highest BCUT2D eigenvalue weighted by atomic mass is 16.5. The fourth-order valence-corrected chi connectivity index (χ4v) is 1.46. The molecule has 94 valence electrons. The van der Waals surface area contributed by atoms with Gasteiger partial charge in [0.2, 0.25) is 11.8 Å². The number of pyridine rings is 1. The van der Waals surface area contributed by atoms with E-state index in [-0.39, 0.29) is 5.95 Å². The van der Waals surface area contributed by atoms with Crippen LogP contribution in [0.25, 0.3) is 0 Å². The van der Waals surface area contributed by atoms with E-state index in [0.717, 1.165) is 12.2 Å². The number of nitrogens with zero attached hydrogens (tertiary/aromatic N) is 3. The Kier molecular flexibility index (Phi) is 3.57. The molecule has 0 aliphatic carbocycles. The van der Waals surface area contributed by atoms with Crippen LogP contribution in [0.5, 0.6) is 11.6 Å². The van der Waals surface area contributed by atoms with Gasteiger partial charge in [0.1, 0.15) is 5.82 Å². The topological polar surface area (TPSA) is 86.0 Å². The number of nitrogens with one attached hydrogen (secondary N) is 1. The zero-order valence-electron chi connectivity index (χ0n) is 10.3. The maximum Gasteiger partial charge on any atom is 0.226 e. The molecule has 0 aromatic carbocycles. The summed E-state index contributed by atoms with van der Waals surface area (Å²) >= 11 is 0. The maximum absolute atomic E-state index is 5.64. The number of hydrogen-bond donors (Lipinski definition) is 2. The summed E-state index contributed by atoms with van der Waals surface area (Å²) in [5.74, 6) is 1.86. The Labute approximate surface area is 105 Å². The maximum atomic E-state index is 5.64. The van der Waals surface area contributed by atoms with Crippen molar-refractivity contribution >= 4 is 11.8 Å². The zero-order chi connectivity index (χ0) is 13.0. The molecule has 2 rings (SSSR count). The Morgan fingerprint density at radius 3 is 2.94 bits per heavy atom. The molecule has 0 atom stereocenters. The lowest BCUT2D eigenvalue weighted by atomic mass is 10.3. The first-order valence-electron chi connectivity index (χ1n) is 5.67. The van der Waals surface area contributed by atoms with E-state index in [1.165, 1.54) is 0 Å². The van der Waals surface area contributed by atoms with Gasteiger partial charge in [0.25, 0.3) is 0 Å². The minimum Gasteiger partial charge on any atom is -0.437 e. The van der Waals surface area contributed by atoms with Crippen LogP contribution in [0.3, 0.4) is 0 Å². The highest BCUT2D eigenvalue weighted by molar-refractivity contribution is 5.44. The van der Waals surface area contributed by atoms with Gasteiger partial charge in [0.05, 0.1) is 5.69 Å². The monoisotopic (exact) mass is 245 g/mol. The summed E-state index contributed by atoms with van der Waals surface area (Å²) in [6, 6.07) is 5.33. The molecule has 0 spiro atoms. The number of ether oxygens (including phenoxy) is 1. The average Bonchev–Trinajstić information content (AvgIpc) is 2.32. The number of hydrogen-bond acceptors (Lipinski definition) is 6. The number of rotatable bonds is 4. The van der Waals surface area contributed by atoms with Gasteiger partial charge in [-0.15, -0.1) is 0 Å². The van der Waals surface area contributed by atoms with Gasteiger partial charge >= 0.3 is 0 Å². The van der Waals surface area contributed by atoms with Crippen molar-refractivity contribution in [1.82, 2.24) is 15.0 Å². The first-order chi connectivity index (χ1) is 8.69. The molecule has 0 amide bonds. The number of aromatic nitrogens is 3. The highest BCUT2D eigenvalue weighted by Crippen LogP contribution is 2.23. The number of anilines is 2. The van der Waals surface area contributed by atoms with E-state index in [0.29, 0.717) is 17.4 Å². The van der Waals surface area contributed by atoms with E-state index in [4.69, 9.17) is 10.5 Å². The largest absolute Gasteiger partial charge is 0.437 e. The molecule has 0 aliphatic heterocycles. The smallest absolute Gasteiger partial charge is 0.226 e. The molecule has 0 saturated carbocycles. The average molecular weight is 245 g/mol. The number of aryl methyl sites for hydroxylation is 1. The fraction of sp³-hybridized carbons (Fsp3) is 0.250. The SMILES string of the molecule is CCNc1cc(Oc2cccnc2C)nc(N)n1. The van der Waals surface area contributed by atoms with E-state index in [9.17, 15) is 0 Å². The molecule has 6 heteroatoms. The molecular formula is C12H15N5O. The summed E-state index contributed by atoms with van der Waals surface area (Å²) in [6.07, 6.45) is 1.71. The van der Waals surface area contributed by atoms with E-state index < -0.39 is 0 Å². The highest BCUT2D eigenvalue weighted by Gasteiger charge is 2.06. The third-order valence-electron chi connectivity index (χ3n) is 2.25. The molecule has 2 aromatic heterocycles. The summed E-state index contributed by atoms with van der Waals surface area (Å²) in [5.41, 5.74) is 6.41. The fourth-order valence-electron chi connectivity index (χ4n) is 1.46. The second-order valence-corrected chi connectivity index (χ2v) is 3.67. The van der Waals surface area contributed by atoms with Crippen molar-refractivity contribution in [3.05, 3.63) is 30.1 Å². The molecule has 0 unspecified atom stereocenters. The van der Waals surface area contributed by atoms with Crippen molar-refractivity contribution in [2.45, 2.75) is 13.8 Å². The van der Waals surface area contributed by atoms with Crippen LogP contribution in [0.15, 0.2) is 24.4 Å². The number of nitrogens with two attached hydrogens (primary N) is 1. The normalized spacial score (nSPS) is 10.1. The number of nitrogen functional groups attached to an aromatic ring is 1. The van der Waals surface area contributed by atoms with Crippen LogP contribution >= 0.6 is 0 Å². The Bertz CT molecular complexity index is 544. The summed E-state index contributed by atoms with van der Waals surface area (Å²) < 4.78 is 5.64. The van der Waals surface area contributed by atoms with Gasteiger partial charge in [0.15, 0.2) is 5.75 Å². The lowest BCUT2D eigenvalue weighted by molar-refractivity contribution is 0.456. The van der Waals surface area contributed by atoms with Crippen LogP contribution in [0.1, 0.15) is 12.6 Å². The van der Waals surface area contributed by atoms with Crippen LogP contribution in [-0.2, 0) is 0 Å². The van der Waals surface area contributed by atoms with Crippen LogP contribution in [0.4, 0.5) is 11.8 Å². The molecule has 3 N–H and O–H groups in total. The quantitative estimate of drug-likeness (QED) is 0.856. The first-order valence-corrected chi connectivity index (χ1v) is 5.67. The summed E-state index contributed by atoms with van der Waals surface area (Å²) in [4.78, 5) is 12.2. The Morgan fingerprint density at radius 1 is 1.39 bits per heavy atom. The molecule has 0 radical (unpaired) electrons. The predicted molar refractivity (Wildman–Crippen MR) is 69.7 cm³/mol. The van der Waals surface area contributed by atoms with Gasteiger partial charge in [0, 0.05) is 18.8 Å². The van der Waals surface area contributed by atoms with E-state index in [1.807, 2.05) is 19.9 Å². The Balaban J connectivity index is 2.26. The molecule has 2 heterocycles. The second kappa shape index (κ2) is 5.31. The van der Waals surface area contributed by atoms with E-state index in [1.54, 1.807) is 18.3 Å². The van der Waals surface area contributed by atoms with Gasteiger partial charge in [-0.3, -0.25) is 4.98 Å². The molecule has 0 aliphatic rings. The van der Waals surface area contributed by atoms with Crippen molar-refractivity contribution in [1.29, 1.82) is 0 Å². The third-order valence-corrected chi connectivity index (χ3v) is 2.25. The molecule has 0 bridgehead atoms. The predicted octanol–water partition coefficient (Wildman–Crippen LogP) is 1.99. The van der Waals surface area contributed by atoms with Crippen molar-refractivity contribution in [3.63, 3.8) is 0 Å². The van der Waals surface area contributed by atoms with E-state index >= 15 is 0 Å². The second-order valence-electron chi connectivity index (χ2n) is 3.67. The van der Waals surface area contributed by atoms with Gasteiger partial charge in [-0.05, 0) is 26.0 Å². The van der Waals surface area contributed by atoms with Crippen LogP contribution in [0, 0.1) is 6.92 Å². The van der Waals surface area contributed by atoms with E-state index in [2.05, 4.69) is 20.3 Å². The summed E-state index contributed by atoms with van der Waals surface area (Å²) in [5, 5.41) is 3.06. The van der Waals surface area contributed by atoms with Gasteiger partial charge in [-0.2, -0.15) is 9.97 Å². The van der Waals surface area contributed by atoms with Crippen LogP contribution < -0.4 is 15.8 Å². The minimum absolute atomic E-state index is 0.171. The third kappa shape index (κ3) is 2.85. The molecular weight excluding hydrogens is 230 g/mol. The first kappa shape index (κ1) is 12.1. The van der Waals surface area contributed by atoms with Gasteiger partial charge < -0.3 is 15.8 Å².